The second-order valence-electron chi connectivity index (χ2n) is 2.80. The molecule has 0 spiro atoms. The first-order valence-electron chi connectivity index (χ1n) is 3.80. The molecule has 1 aliphatic rings. The van der Waals surface area contributed by atoms with Crippen LogP contribution in [-0.2, 0) is 0 Å². The first kappa shape index (κ1) is 7.33. The molecule has 0 nitrogen and oxygen atoms in total. The molecule has 0 N–H and O–H groups in total. The molecule has 54 valence electrons. The molecule has 0 saturated heterocycles. The summed E-state index contributed by atoms with van der Waals surface area (Å²) in [5.41, 5.74) is 2.93. The van der Waals surface area contributed by atoms with Gasteiger partial charge in [-0.15, -0.1) is 6.58 Å². The summed E-state index contributed by atoms with van der Waals surface area (Å²) in [6.45, 7) is 5.90. The molecule has 1 rings (SSSR count). The van der Waals surface area contributed by atoms with Gasteiger partial charge < -0.3 is 0 Å². The Morgan fingerprint density at radius 1 is 1.70 bits per heavy atom. The van der Waals surface area contributed by atoms with Crippen LogP contribution in [0.1, 0.15) is 26.2 Å². The first-order chi connectivity index (χ1) is 4.83. The summed E-state index contributed by atoms with van der Waals surface area (Å²) in [4.78, 5) is 0. The van der Waals surface area contributed by atoms with Crippen LogP contribution in [0.2, 0.25) is 0 Å². The Morgan fingerprint density at radius 3 is 3.10 bits per heavy atom. The minimum atomic E-state index is 1.03. The maximum absolute atomic E-state index is 3.71. The third-order valence-electron chi connectivity index (χ3n) is 1.76. The zero-order valence-corrected chi connectivity index (χ0v) is 6.56. The van der Waals surface area contributed by atoms with Gasteiger partial charge in [-0.3, -0.25) is 0 Å². The lowest BCUT2D eigenvalue weighted by atomic mass is 9.99. The number of allylic oxidation sites excluding steroid dienone is 5. The van der Waals surface area contributed by atoms with E-state index < -0.39 is 0 Å². The van der Waals surface area contributed by atoms with Crippen LogP contribution >= 0.6 is 0 Å². The molecule has 0 saturated carbocycles. The third-order valence-corrected chi connectivity index (χ3v) is 1.76. The van der Waals surface area contributed by atoms with Crippen molar-refractivity contribution in [2.75, 3.05) is 0 Å². The van der Waals surface area contributed by atoms with Crippen LogP contribution < -0.4 is 0 Å². The number of hydrogen-bond acceptors (Lipinski definition) is 0. The second kappa shape index (κ2) is 3.40. The van der Waals surface area contributed by atoms with Crippen molar-refractivity contribution in [3.05, 3.63) is 36.0 Å². The SMILES string of the molecule is C=CCC1=CCCC(C)=C1. The van der Waals surface area contributed by atoms with E-state index in [0.29, 0.717) is 0 Å². The second-order valence-corrected chi connectivity index (χ2v) is 2.80. The van der Waals surface area contributed by atoms with Crippen LogP contribution in [0, 0.1) is 0 Å². The standard InChI is InChI=1S/C10H14/c1-3-5-10-7-4-6-9(2)8-10/h3,7-8H,1,4-6H2,2H3. The van der Waals surface area contributed by atoms with E-state index in [-0.39, 0.29) is 0 Å². The fourth-order valence-corrected chi connectivity index (χ4v) is 1.24. The highest BCUT2D eigenvalue weighted by molar-refractivity contribution is 5.28. The monoisotopic (exact) mass is 134 g/mol. The highest BCUT2D eigenvalue weighted by Gasteiger charge is 1.98. The van der Waals surface area contributed by atoms with Gasteiger partial charge in [-0.1, -0.05) is 23.8 Å². The minimum absolute atomic E-state index is 1.03. The zero-order chi connectivity index (χ0) is 7.40. The lowest BCUT2D eigenvalue weighted by molar-refractivity contribution is 0.936. The molecule has 0 radical (unpaired) electrons. The number of hydrogen-bond donors (Lipinski definition) is 0. The van der Waals surface area contributed by atoms with Crippen molar-refractivity contribution in [1.82, 2.24) is 0 Å². The van der Waals surface area contributed by atoms with Crippen molar-refractivity contribution >= 4 is 0 Å². The Kier molecular flexibility index (Phi) is 2.49. The molecule has 0 bridgehead atoms. The predicted octanol–water partition coefficient (Wildman–Crippen LogP) is 3.23. The molecule has 1 aliphatic carbocycles. The largest absolute Gasteiger partial charge is 0.103 e. The van der Waals surface area contributed by atoms with Crippen LogP contribution in [0.4, 0.5) is 0 Å². The molecule has 0 aromatic rings. The smallest absolute Gasteiger partial charge is 0.0103 e. The van der Waals surface area contributed by atoms with Crippen LogP contribution in [0.25, 0.3) is 0 Å². The molecule has 0 unspecified atom stereocenters. The Balaban J connectivity index is 2.59. The Morgan fingerprint density at radius 2 is 2.50 bits per heavy atom. The molecular weight excluding hydrogens is 120 g/mol. The maximum Gasteiger partial charge on any atom is -0.0103 e. The molecular formula is C10H14. The van der Waals surface area contributed by atoms with Crippen LogP contribution in [0.3, 0.4) is 0 Å². The molecule has 0 amide bonds. The molecule has 10 heavy (non-hydrogen) atoms. The summed E-state index contributed by atoms with van der Waals surface area (Å²) in [5.74, 6) is 0. The van der Waals surface area contributed by atoms with Gasteiger partial charge in [0, 0.05) is 0 Å². The van der Waals surface area contributed by atoms with Crippen LogP contribution in [-0.4, -0.2) is 0 Å². The normalized spacial score (nSPS) is 17.7. The average molecular weight is 134 g/mol. The van der Waals surface area contributed by atoms with Crippen molar-refractivity contribution in [3.8, 4) is 0 Å². The van der Waals surface area contributed by atoms with Gasteiger partial charge in [0.1, 0.15) is 0 Å². The molecule has 0 heteroatoms. The highest BCUT2D eigenvalue weighted by Crippen LogP contribution is 2.18. The van der Waals surface area contributed by atoms with E-state index in [2.05, 4.69) is 25.7 Å². The molecule has 0 atom stereocenters. The van der Waals surface area contributed by atoms with Gasteiger partial charge in [0.25, 0.3) is 0 Å². The van der Waals surface area contributed by atoms with E-state index >= 15 is 0 Å². The molecule has 0 fully saturated rings. The van der Waals surface area contributed by atoms with E-state index in [1.54, 1.807) is 0 Å². The van der Waals surface area contributed by atoms with Crippen LogP contribution in [0.5, 0.6) is 0 Å². The van der Waals surface area contributed by atoms with Crippen molar-refractivity contribution in [3.63, 3.8) is 0 Å². The summed E-state index contributed by atoms with van der Waals surface area (Å²) in [7, 11) is 0. The molecule has 0 heterocycles. The predicted molar refractivity (Wildman–Crippen MR) is 45.9 cm³/mol. The quantitative estimate of drug-likeness (QED) is 0.509. The first-order valence-corrected chi connectivity index (χ1v) is 3.80. The summed E-state index contributed by atoms with van der Waals surface area (Å²) >= 11 is 0. The Bertz CT molecular complexity index is 182. The molecule has 0 aromatic carbocycles. The van der Waals surface area contributed by atoms with E-state index in [9.17, 15) is 0 Å². The van der Waals surface area contributed by atoms with Gasteiger partial charge >= 0.3 is 0 Å². The number of rotatable bonds is 2. The van der Waals surface area contributed by atoms with Crippen molar-refractivity contribution in [2.45, 2.75) is 26.2 Å². The van der Waals surface area contributed by atoms with Gasteiger partial charge in [0.05, 0.1) is 0 Å². The van der Waals surface area contributed by atoms with Gasteiger partial charge in [-0.25, -0.2) is 0 Å². The van der Waals surface area contributed by atoms with Gasteiger partial charge in [-0.05, 0) is 31.8 Å². The van der Waals surface area contributed by atoms with Gasteiger partial charge in [0.15, 0.2) is 0 Å². The fraction of sp³-hybridized carbons (Fsp3) is 0.400. The Hall–Kier alpha value is -0.780. The van der Waals surface area contributed by atoms with Gasteiger partial charge in [-0.2, -0.15) is 0 Å². The van der Waals surface area contributed by atoms with Gasteiger partial charge in [0.2, 0.25) is 0 Å². The van der Waals surface area contributed by atoms with E-state index in [0.717, 1.165) is 6.42 Å². The van der Waals surface area contributed by atoms with E-state index in [1.165, 1.54) is 24.0 Å². The average Bonchev–Trinajstić information content (AvgIpc) is 1.88. The topological polar surface area (TPSA) is 0 Å². The highest BCUT2D eigenvalue weighted by atomic mass is 14.0. The summed E-state index contributed by atoms with van der Waals surface area (Å²) in [6.07, 6.45) is 10.0. The molecule has 0 aromatic heterocycles. The lowest BCUT2D eigenvalue weighted by Gasteiger charge is -2.07. The van der Waals surface area contributed by atoms with Crippen molar-refractivity contribution in [1.29, 1.82) is 0 Å². The van der Waals surface area contributed by atoms with E-state index in [4.69, 9.17) is 0 Å². The van der Waals surface area contributed by atoms with Crippen molar-refractivity contribution in [2.24, 2.45) is 0 Å². The third kappa shape index (κ3) is 1.87. The maximum atomic E-state index is 3.71. The minimum Gasteiger partial charge on any atom is -0.103 e. The fourth-order valence-electron chi connectivity index (χ4n) is 1.24. The summed E-state index contributed by atoms with van der Waals surface area (Å²) in [6, 6.07) is 0. The lowest BCUT2D eigenvalue weighted by Crippen LogP contribution is -1.87. The molecule has 0 aliphatic heterocycles. The zero-order valence-electron chi connectivity index (χ0n) is 6.56. The van der Waals surface area contributed by atoms with Crippen LogP contribution in [0.15, 0.2) is 36.0 Å². The summed E-state index contributed by atoms with van der Waals surface area (Å²) in [5, 5.41) is 0. The summed E-state index contributed by atoms with van der Waals surface area (Å²) < 4.78 is 0. The van der Waals surface area contributed by atoms with Crippen molar-refractivity contribution < 1.29 is 0 Å². The van der Waals surface area contributed by atoms with E-state index in [1.807, 2.05) is 6.08 Å². The Labute approximate surface area is 62.9 Å².